The molecule has 1 saturated carbocycles. The van der Waals surface area contributed by atoms with Crippen molar-refractivity contribution in [1.82, 2.24) is 9.97 Å². The third-order valence-electron chi connectivity index (χ3n) is 5.58. The SMILES string of the molecule is COc1ccc(Sc2cccc(Nc3nc(NC4CCCCC4N)ncc3C(N)=O)c2)cc1. The highest BCUT2D eigenvalue weighted by Crippen LogP contribution is 2.31. The van der Waals surface area contributed by atoms with Gasteiger partial charge in [0.15, 0.2) is 0 Å². The number of methoxy groups -OCH3 is 1. The van der Waals surface area contributed by atoms with Crippen molar-refractivity contribution in [3.05, 3.63) is 60.3 Å². The summed E-state index contributed by atoms with van der Waals surface area (Å²) >= 11 is 1.62. The second-order valence-corrected chi connectivity index (χ2v) is 9.10. The topological polar surface area (TPSA) is 128 Å². The van der Waals surface area contributed by atoms with Crippen LogP contribution in [0.25, 0.3) is 0 Å². The second kappa shape index (κ2) is 10.5. The van der Waals surface area contributed by atoms with Gasteiger partial charge in [-0.15, -0.1) is 0 Å². The van der Waals surface area contributed by atoms with Crippen LogP contribution >= 0.6 is 11.8 Å². The number of benzene rings is 2. The van der Waals surface area contributed by atoms with Gasteiger partial charge in [0.2, 0.25) is 5.95 Å². The smallest absolute Gasteiger partial charge is 0.254 e. The van der Waals surface area contributed by atoms with Crippen LogP contribution in [0.2, 0.25) is 0 Å². The fourth-order valence-electron chi connectivity index (χ4n) is 3.79. The highest BCUT2D eigenvalue weighted by Gasteiger charge is 2.23. The highest BCUT2D eigenvalue weighted by molar-refractivity contribution is 7.99. The predicted molar refractivity (Wildman–Crippen MR) is 131 cm³/mol. The number of aromatic nitrogens is 2. The number of carbonyl (C=O) groups is 1. The van der Waals surface area contributed by atoms with Gasteiger partial charge in [-0.05, 0) is 55.3 Å². The van der Waals surface area contributed by atoms with Crippen molar-refractivity contribution in [1.29, 1.82) is 0 Å². The van der Waals surface area contributed by atoms with Crippen molar-refractivity contribution in [2.75, 3.05) is 17.7 Å². The number of nitrogens with zero attached hydrogens (tertiary/aromatic N) is 2. The molecule has 2 unspecified atom stereocenters. The first kappa shape index (κ1) is 22.9. The van der Waals surface area contributed by atoms with E-state index in [1.54, 1.807) is 18.9 Å². The van der Waals surface area contributed by atoms with Crippen LogP contribution in [0.15, 0.2) is 64.5 Å². The molecule has 2 atom stereocenters. The van der Waals surface area contributed by atoms with E-state index in [1.165, 1.54) is 6.20 Å². The van der Waals surface area contributed by atoms with Gasteiger partial charge in [0, 0.05) is 33.8 Å². The van der Waals surface area contributed by atoms with Gasteiger partial charge in [-0.2, -0.15) is 4.98 Å². The third-order valence-corrected chi connectivity index (χ3v) is 6.58. The van der Waals surface area contributed by atoms with Gasteiger partial charge in [0.05, 0.1) is 7.11 Å². The molecule has 1 amide bonds. The molecule has 0 bridgehead atoms. The number of hydrogen-bond donors (Lipinski definition) is 4. The molecule has 4 rings (SSSR count). The van der Waals surface area contributed by atoms with Crippen LogP contribution in [0.3, 0.4) is 0 Å². The zero-order chi connectivity index (χ0) is 23.2. The van der Waals surface area contributed by atoms with Gasteiger partial charge in [-0.25, -0.2) is 4.98 Å². The van der Waals surface area contributed by atoms with Crippen LogP contribution < -0.4 is 26.8 Å². The maximum absolute atomic E-state index is 12.0. The monoisotopic (exact) mass is 464 g/mol. The average Bonchev–Trinajstić information content (AvgIpc) is 2.81. The molecule has 2 aromatic carbocycles. The van der Waals surface area contributed by atoms with Gasteiger partial charge in [0.25, 0.3) is 5.91 Å². The summed E-state index contributed by atoms with van der Waals surface area (Å²) < 4.78 is 5.22. The first-order valence-corrected chi connectivity index (χ1v) is 11.7. The molecule has 0 radical (unpaired) electrons. The number of primary amides is 1. The average molecular weight is 465 g/mol. The van der Waals surface area contributed by atoms with Crippen LogP contribution in [-0.4, -0.2) is 35.1 Å². The van der Waals surface area contributed by atoms with Crippen LogP contribution in [0, 0.1) is 0 Å². The van der Waals surface area contributed by atoms with Gasteiger partial charge in [-0.3, -0.25) is 4.79 Å². The molecule has 33 heavy (non-hydrogen) atoms. The number of nitrogens with two attached hydrogens (primary N) is 2. The largest absolute Gasteiger partial charge is 0.497 e. The molecular weight excluding hydrogens is 436 g/mol. The van der Waals surface area contributed by atoms with Gasteiger partial charge >= 0.3 is 0 Å². The van der Waals surface area contributed by atoms with E-state index in [-0.39, 0.29) is 17.6 Å². The molecule has 1 fully saturated rings. The van der Waals surface area contributed by atoms with Crippen molar-refractivity contribution < 1.29 is 9.53 Å². The molecule has 1 heterocycles. The Hall–Kier alpha value is -3.30. The molecule has 0 saturated heterocycles. The molecule has 8 nitrogen and oxygen atoms in total. The van der Waals surface area contributed by atoms with E-state index >= 15 is 0 Å². The summed E-state index contributed by atoms with van der Waals surface area (Å²) in [5, 5.41) is 6.55. The molecule has 1 aromatic heterocycles. The number of anilines is 3. The van der Waals surface area contributed by atoms with Gasteiger partial charge < -0.3 is 26.8 Å². The van der Waals surface area contributed by atoms with Gasteiger partial charge in [0.1, 0.15) is 17.1 Å². The summed E-state index contributed by atoms with van der Waals surface area (Å²) in [6.45, 7) is 0. The summed E-state index contributed by atoms with van der Waals surface area (Å²) in [5.41, 5.74) is 12.8. The van der Waals surface area contributed by atoms with Gasteiger partial charge in [-0.1, -0.05) is 30.7 Å². The Morgan fingerprint density at radius 2 is 1.91 bits per heavy atom. The Kier molecular flexibility index (Phi) is 7.31. The molecule has 6 N–H and O–H groups in total. The van der Waals surface area contributed by atoms with Crippen LogP contribution in [0.5, 0.6) is 5.75 Å². The fraction of sp³-hybridized carbons (Fsp3) is 0.292. The van der Waals surface area contributed by atoms with Crippen LogP contribution in [-0.2, 0) is 0 Å². The molecular formula is C24H28N6O2S. The maximum Gasteiger partial charge on any atom is 0.254 e. The zero-order valence-corrected chi connectivity index (χ0v) is 19.3. The molecule has 1 aliphatic carbocycles. The number of carbonyl (C=O) groups excluding carboxylic acids is 1. The zero-order valence-electron chi connectivity index (χ0n) is 18.5. The molecule has 1 aliphatic rings. The molecule has 3 aromatic rings. The van der Waals surface area contributed by atoms with Crippen molar-refractivity contribution in [3.8, 4) is 5.75 Å². The van der Waals surface area contributed by atoms with E-state index in [2.05, 4.69) is 20.6 Å². The number of hydrogen-bond acceptors (Lipinski definition) is 8. The Balaban J connectivity index is 1.53. The maximum atomic E-state index is 12.0. The first-order valence-electron chi connectivity index (χ1n) is 10.9. The molecule has 9 heteroatoms. The summed E-state index contributed by atoms with van der Waals surface area (Å²) in [6, 6.07) is 15.9. The van der Waals surface area contributed by atoms with Crippen molar-refractivity contribution >= 4 is 35.1 Å². The lowest BCUT2D eigenvalue weighted by Crippen LogP contribution is -2.43. The standard InChI is InChI=1S/C24H28N6O2S/c1-32-16-9-11-17(12-10-16)33-18-6-4-5-15(13-18)28-23-19(22(26)31)14-27-24(30-23)29-21-8-3-2-7-20(21)25/h4-6,9-14,20-21H,2-3,7-8,25H2,1H3,(H2,26,31)(H2,27,28,29,30). The number of amides is 1. The second-order valence-electron chi connectivity index (χ2n) is 7.95. The number of nitrogens with one attached hydrogen (secondary N) is 2. The van der Waals surface area contributed by atoms with Crippen molar-refractivity contribution in [2.45, 2.75) is 47.6 Å². The molecule has 0 aliphatic heterocycles. The Morgan fingerprint density at radius 1 is 1.12 bits per heavy atom. The lowest BCUT2D eigenvalue weighted by Gasteiger charge is -2.29. The Labute approximate surface area is 197 Å². The third kappa shape index (κ3) is 5.94. The lowest BCUT2D eigenvalue weighted by molar-refractivity contribution is 0.100. The van der Waals surface area contributed by atoms with E-state index in [0.29, 0.717) is 11.8 Å². The summed E-state index contributed by atoms with van der Waals surface area (Å²) in [4.78, 5) is 22.9. The van der Waals surface area contributed by atoms with E-state index < -0.39 is 5.91 Å². The highest BCUT2D eigenvalue weighted by atomic mass is 32.2. The predicted octanol–water partition coefficient (Wildman–Crippen LogP) is 4.16. The van der Waals surface area contributed by atoms with E-state index in [0.717, 1.165) is 46.9 Å². The minimum Gasteiger partial charge on any atom is -0.497 e. The Bertz CT molecular complexity index is 1110. The van der Waals surface area contributed by atoms with Crippen LogP contribution in [0.1, 0.15) is 36.0 Å². The summed E-state index contributed by atoms with van der Waals surface area (Å²) in [7, 11) is 1.65. The van der Waals surface area contributed by atoms with E-state index in [1.807, 2.05) is 48.5 Å². The first-order chi connectivity index (χ1) is 16.0. The minimum absolute atomic E-state index is 0.0567. The summed E-state index contributed by atoms with van der Waals surface area (Å²) in [5.74, 6) is 1.00. The minimum atomic E-state index is -0.595. The molecule has 172 valence electrons. The van der Waals surface area contributed by atoms with E-state index in [9.17, 15) is 4.79 Å². The van der Waals surface area contributed by atoms with Crippen LogP contribution in [0.4, 0.5) is 17.5 Å². The number of ether oxygens (including phenoxy) is 1. The van der Waals surface area contributed by atoms with Crippen molar-refractivity contribution in [3.63, 3.8) is 0 Å². The van der Waals surface area contributed by atoms with E-state index in [4.69, 9.17) is 16.2 Å². The quantitative estimate of drug-likeness (QED) is 0.391. The summed E-state index contributed by atoms with van der Waals surface area (Å²) in [6.07, 6.45) is 5.65. The normalized spacial score (nSPS) is 17.9. The fourth-order valence-corrected chi connectivity index (χ4v) is 4.66. The Morgan fingerprint density at radius 3 is 2.64 bits per heavy atom. The van der Waals surface area contributed by atoms with Crippen molar-refractivity contribution in [2.24, 2.45) is 11.5 Å². The lowest BCUT2D eigenvalue weighted by atomic mass is 9.91. The number of rotatable bonds is 8. The molecule has 0 spiro atoms.